The molecule has 0 aromatic rings. The van der Waals surface area contributed by atoms with Gasteiger partial charge in [-0.15, -0.1) is 24.1 Å². The lowest BCUT2D eigenvalue weighted by Crippen LogP contribution is -2.15. The summed E-state index contributed by atoms with van der Waals surface area (Å²) in [6, 6.07) is 0. The summed E-state index contributed by atoms with van der Waals surface area (Å²) in [7, 11) is 5.56. The van der Waals surface area contributed by atoms with Crippen molar-refractivity contribution in [2.45, 2.75) is 13.8 Å². The summed E-state index contributed by atoms with van der Waals surface area (Å²) < 4.78 is 0. The second-order valence-corrected chi connectivity index (χ2v) is 2.17. The van der Waals surface area contributed by atoms with E-state index in [2.05, 4.69) is 13.2 Å². The third kappa shape index (κ3) is 2.06. The summed E-state index contributed by atoms with van der Waals surface area (Å²) in [4.78, 5) is 0. The van der Waals surface area contributed by atoms with Gasteiger partial charge in [0.15, 0.2) is 0 Å². The van der Waals surface area contributed by atoms with Crippen molar-refractivity contribution < 1.29 is 0 Å². The van der Waals surface area contributed by atoms with Gasteiger partial charge in [0.1, 0.15) is 6.60 Å². The van der Waals surface area contributed by atoms with E-state index in [1.807, 2.05) is 13.8 Å². The van der Waals surface area contributed by atoms with E-state index in [-0.39, 0.29) is 6.60 Å². The summed E-state index contributed by atoms with van der Waals surface area (Å²) in [5.41, 5.74) is 1.94. The predicted molar refractivity (Wildman–Crippen MR) is 41.1 cm³/mol. The predicted octanol–water partition coefficient (Wildman–Crippen LogP) is 1.38. The van der Waals surface area contributed by atoms with Gasteiger partial charge in [-0.1, -0.05) is 13.8 Å². The molecule has 0 saturated carbocycles. The fourth-order valence-corrected chi connectivity index (χ4v) is 0.421. The molecule has 40 valence electrons. The highest BCUT2D eigenvalue weighted by Crippen LogP contribution is 2.00. The summed E-state index contributed by atoms with van der Waals surface area (Å²) in [5, 5.41) is 0. The van der Waals surface area contributed by atoms with Gasteiger partial charge in [-0.05, 0) is 0 Å². The maximum absolute atomic E-state index is 5.56. The molecule has 2 radical (unpaired) electrons. The number of hydrogen-bond donors (Lipinski definition) is 0. The molecule has 8 heavy (non-hydrogen) atoms. The van der Waals surface area contributed by atoms with Gasteiger partial charge in [-0.25, -0.2) is 0 Å². The van der Waals surface area contributed by atoms with Gasteiger partial charge in [0.2, 0.25) is 0 Å². The first-order valence-electron chi connectivity index (χ1n) is 2.62. The van der Waals surface area contributed by atoms with Crippen LogP contribution in [0.3, 0.4) is 0 Å². The first kappa shape index (κ1) is 7.61. The van der Waals surface area contributed by atoms with Gasteiger partial charge in [0, 0.05) is 7.74 Å². The lowest BCUT2D eigenvalue weighted by Gasteiger charge is -2.04. The van der Waals surface area contributed by atoms with Crippen LogP contribution in [0.1, 0.15) is 13.8 Å². The Morgan fingerprint density at radius 3 is 1.50 bits per heavy atom. The minimum atomic E-state index is -0.0185. The summed E-state index contributed by atoms with van der Waals surface area (Å²) in [6.45, 7) is 11.2. The first-order valence-corrected chi connectivity index (χ1v) is 2.62. The van der Waals surface area contributed by atoms with E-state index < -0.39 is 0 Å². The fraction of sp³-hybridized carbons (Fsp3) is 0.333. The second kappa shape index (κ2) is 2.81. The normalized spacial score (nSPS) is 8.25. The van der Waals surface area contributed by atoms with Crippen LogP contribution in [-0.4, -0.2) is 14.3 Å². The van der Waals surface area contributed by atoms with Crippen LogP contribution >= 0.6 is 0 Å². The topological polar surface area (TPSA) is 0 Å². The van der Waals surface area contributed by atoms with E-state index in [1.165, 1.54) is 0 Å². The molecule has 0 unspecified atom stereocenters. The fourth-order valence-electron chi connectivity index (χ4n) is 0.421. The third-order valence-electron chi connectivity index (χ3n) is 1.06. The van der Waals surface area contributed by atoms with Gasteiger partial charge in [-0.2, -0.15) is 0 Å². The minimum absolute atomic E-state index is 0.0185. The molecule has 0 aliphatic carbocycles. The highest BCUT2D eigenvalue weighted by molar-refractivity contribution is 7.11. The van der Waals surface area contributed by atoms with Crippen LogP contribution in [0.15, 0.2) is 24.1 Å². The molecule has 0 bridgehead atoms. The molecular weight excluding hydrogens is 93.7 g/mol. The van der Waals surface area contributed by atoms with Crippen molar-refractivity contribution in [3.63, 3.8) is 0 Å². The Bertz CT molecular complexity index is 102. The zero-order valence-electron chi connectivity index (χ0n) is 5.57. The van der Waals surface area contributed by atoms with Crippen LogP contribution < -0.4 is 0 Å². The van der Waals surface area contributed by atoms with Crippen molar-refractivity contribution in [2.24, 2.45) is 0 Å². The zero-order chi connectivity index (χ0) is 6.73. The van der Waals surface area contributed by atoms with Crippen LogP contribution in [0.2, 0.25) is 0 Å². The Kier molecular flexibility index (Phi) is 2.67. The second-order valence-electron chi connectivity index (χ2n) is 2.17. The molecule has 0 atom stereocenters. The number of rotatable bonds is 2. The zero-order valence-corrected chi connectivity index (χ0v) is 5.57. The van der Waals surface area contributed by atoms with Crippen molar-refractivity contribution in [3.05, 3.63) is 24.1 Å². The molecule has 0 aromatic heterocycles. The lowest BCUT2D eigenvalue weighted by atomic mass is 9.26. The highest BCUT2D eigenvalue weighted by Gasteiger charge is 2.04. The van der Waals surface area contributed by atoms with Gasteiger partial charge >= 0.3 is 0 Å². The smallest absolute Gasteiger partial charge is 0.116 e. The molecule has 0 spiro atoms. The summed E-state index contributed by atoms with van der Waals surface area (Å²) in [6.07, 6.45) is 0. The van der Waals surface area contributed by atoms with Gasteiger partial charge in [0.05, 0.1) is 0 Å². The molecule has 0 aromatic carbocycles. The van der Waals surface area contributed by atoms with Crippen molar-refractivity contribution >= 4 is 14.3 Å². The minimum Gasteiger partial charge on any atom is -0.116 e. The van der Waals surface area contributed by atoms with Crippen LogP contribution in [0.4, 0.5) is 0 Å². The maximum atomic E-state index is 5.56. The van der Waals surface area contributed by atoms with E-state index in [0.29, 0.717) is 0 Å². The van der Waals surface area contributed by atoms with E-state index in [9.17, 15) is 0 Å². The Hall–Kier alpha value is -0.390. The molecular formula is C6H10B2. The largest absolute Gasteiger partial charge is 0.148 e. The van der Waals surface area contributed by atoms with Crippen LogP contribution in [0, 0.1) is 0 Å². The summed E-state index contributed by atoms with van der Waals surface area (Å²) in [5.74, 6) is 0. The molecule has 0 saturated heterocycles. The molecule has 0 fully saturated rings. The Morgan fingerprint density at radius 1 is 1.25 bits per heavy atom. The standard InChI is InChI=1S/C6H10B2/c1-5(2)8(7)6(3)4/h1,3H2,2,4H3. The van der Waals surface area contributed by atoms with Crippen molar-refractivity contribution in [2.75, 3.05) is 0 Å². The number of hydrogen-bond acceptors (Lipinski definition) is 0. The first-order chi connectivity index (χ1) is 3.55. The van der Waals surface area contributed by atoms with Crippen LogP contribution in [0.5, 0.6) is 0 Å². The lowest BCUT2D eigenvalue weighted by molar-refractivity contribution is 1.61. The van der Waals surface area contributed by atoms with Crippen LogP contribution in [-0.2, 0) is 0 Å². The van der Waals surface area contributed by atoms with E-state index >= 15 is 0 Å². The Balaban J connectivity index is 3.83. The Labute approximate surface area is 53.1 Å². The average molecular weight is 104 g/mol. The molecule has 0 amide bonds. The molecule has 2 heteroatoms. The third-order valence-corrected chi connectivity index (χ3v) is 1.06. The molecule has 0 N–H and O–H groups in total. The van der Waals surface area contributed by atoms with E-state index in [1.54, 1.807) is 0 Å². The van der Waals surface area contributed by atoms with E-state index in [4.69, 9.17) is 7.74 Å². The highest BCUT2D eigenvalue weighted by atomic mass is 13.7. The SMILES string of the molecule is [B]B(C(=C)C)C(=C)C. The van der Waals surface area contributed by atoms with Crippen molar-refractivity contribution in [1.82, 2.24) is 0 Å². The molecule has 0 aliphatic heterocycles. The average Bonchev–Trinajstić information content (AvgIpc) is 1.64. The molecule has 0 nitrogen and oxygen atoms in total. The van der Waals surface area contributed by atoms with Crippen LogP contribution in [0.25, 0.3) is 0 Å². The van der Waals surface area contributed by atoms with Crippen molar-refractivity contribution in [1.29, 1.82) is 0 Å². The van der Waals surface area contributed by atoms with Gasteiger partial charge < -0.3 is 0 Å². The quantitative estimate of drug-likeness (QED) is 0.464. The Morgan fingerprint density at radius 2 is 1.50 bits per heavy atom. The summed E-state index contributed by atoms with van der Waals surface area (Å²) >= 11 is 0. The molecule has 0 rings (SSSR count). The van der Waals surface area contributed by atoms with Gasteiger partial charge in [0.25, 0.3) is 0 Å². The molecule has 0 aliphatic rings. The van der Waals surface area contributed by atoms with Crippen molar-refractivity contribution in [3.8, 4) is 0 Å². The maximum Gasteiger partial charge on any atom is 0.148 e. The number of allylic oxidation sites excluding steroid dienone is 2. The monoisotopic (exact) mass is 104 g/mol. The van der Waals surface area contributed by atoms with Gasteiger partial charge in [-0.3, -0.25) is 0 Å². The van der Waals surface area contributed by atoms with E-state index in [0.717, 1.165) is 10.9 Å². The molecule has 0 heterocycles.